The predicted octanol–water partition coefficient (Wildman–Crippen LogP) is 2.99. The second-order valence-corrected chi connectivity index (χ2v) is 6.03. The molecule has 0 spiro atoms. The molecule has 0 atom stereocenters. The molecule has 0 radical (unpaired) electrons. The molecule has 0 fully saturated rings. The molecule has 3 heterocycles. The first kappa shape index (κ1) is 14.7. The summed E-state index contributed by atoms with van der Waals surface area (Å²) in [6.07, 6.45) is 3.76. The van der Waals surface area contributed by atoms with E-state index in [0.29, 0.717) is 12.3 Å². The fourth-order valence-corrected chi connectivity index (χ4v) is 3.06. The summed E-state index contributed by atoms with van der Waals surface area (Å²) < 4.78 is 7.48. The summed E-state index contributed by atoms with van der Waals surface area (Å²) in [5.41, 5.74) is 1.02. The summed E-state index contributed by atoms with van der Waals surface area (Å²) in [4.78, 5) is 18.2. The smallest absolute Gasteiger partial charge is 0.233 e. The number of amides is 1. The van der Waals surface area contributed by atoms with Gasteiger partial charge < -0.3 is 9.32 Å². The van der Waals surface area contributed by atoms with Gasteiger partial charge in [-0.05, 0) is 31.2 Å². The Hall–Kier alpha value is -2.21. The van der Waals surface area contributed by atoms with Gasteiger partial charge in [-0.3, -0.25) is 9.20 Å². The Morgan fingerprint density at radius 3 is 3.00 bits per heavy atom. The standard InChI is InChI=1S/C16H17N3O2S/c1-12-6-7-14(21-12)10-18(2)15(20)11-22-16-17-9-13-5-3-4-8-19(13)16/h3-9H,10-11H2,1-2H3. The molecule has 0 N–H and O–H groups in total. The zero-order chi connectivity index (χ0) is 15.5. The number of aromatic nitrogens is 2. The van der Waals surface area contributed by atoms with E-state index < -0.39 is 0 Å². The van der Waals surface area contributed by atoms with Crippen LogP contribution in [0, 0.1) is 6.92 Å². The van der Waals surface area contributed by atoms with Gasteiger partial charge in [-0.1, -0.05) is 17.8 Å². The van der Waals surface area contributed by atoms with Crippen LogP contribution in [0.4, 0.5) is 0 Å². The van der Waals surface area contributed by atoms with Crippen LogP contribution in [0.2, 0.25) is 0 Å². The molecule has 5 nitrogen and oxygen atoms in total. The second kappa shape index (κ2) is 6.27. The molecule has 0 saturated carbocycles. The minimum absolute atomic E-state index is 0.0479. The normalized spacial score (nSPS) is 11.0. The van der Waals surface area contributed by atoms with Gasteiger partial charge >= 0.3 is 0 Å². The summed E-state index contributed by atoms with van der Waals surface area (Å²) in [5, 5.41) is 0.825. The van der Waals surface area contributed by atoms with Crippen LogP contribution in [-0.2, 0) is 11.3 Å². The van der Waals surface area contributed by atoms with Crippen molar-refractivity contribution in [1.29, 1.82) is 0 Å². The Kier molecular flexibility index (Phi) is 4.20. The van der Waals surface area contributed by atoms with Gasteiger partial charge in [0.25, 0.3) is 0 Å². The minimum atomic E-state index is 0.0479. The van der Waals surface area contributed by atoms with Crippen molar-refractivity contribution in [2.45, 2.75) is 18.6 Å². The van der Waals surface area contributed by atoms with E-state index in [2.05, 4.69) is 4.98 Å². The van der Waals surface area contributed by atoms with Crippen molar-refractivity contribution in [3.63, 3.8) is 0 Å². The van der Waals surface area contributed by atoms with Crippen LogP contribution in [0.25, 0.3) is 5.52 Å². The van der Waals surface area contributed by atoms with Crippen molar-refractivity contribution in [3.8, 4) is 0 Å². The maximum atomic E-state index is 12.2. The number of pyridine rings is 1. The van der Waals surface area contributed by atoms with Crippen LogP contribution in [0.3, 0.4) is 0 Å². The highest BCUT2D eigenvalue weighted by Crippen LogP contribution is 2.19. The summed E-state index contributed by atoms with van der Waals surface area (Å²) >= 11 is 1.44. The highest BCUT2D eigenvalue weighted by Gasteiger charge is 2.13. The molecule has 0 saturated heterocycles. The first-order valence-corrected chi connectivity index (χ1v) is 7.96. The number of imidazole rings is 1. The lowest BCUT2D eigenvalue weighted by molar-refractivity contribution is -0.127. The monoisotopic (exact) mass is 315 g/mol. The zero-order valence-corrected chi connectivity index (χ0v) is 13.3. The molecule has 22 heavy (non-hydrogen) atoms. The Bertz CT molecular complexity index is 793. The molecule has 1 amide bonds. The largest absolute Gasteiger partial charge is 0.464 e. The number of aryl methyl sites for hydroxylation is 1. The molecular formula is C16H17N3O2S. The van der Waals surface area contributed by atoms with Crippen LogP contribution in [0.1, 0.15) is 11.5 Å². The Morgan fingerprint density at radius 2 is 2.23 bits per heavy atom. The lowest BCUT2D eigenvalue weighted by Crippen LogP contribution is -2.27. The molecule has 3 aromatic heterocycles. The number of carbonyl (C=O) groups excluding carboxylic acids is 1. The van der Waals surface area contributed by atoms with E-state index in [0.717, 1.165) is 22.2 Å². The topological polar surface area (TPSA) is 50.8 Å². The number of nitrogens with zero attached hydrogens (tertiary/aromatic N) is 3. The number of hydrogen-bond donors (Lipinski definition) is 0. The Morgan fingerprint density at radius 1 is 1.36 bits per heavy atom. The molecule has 0 aliphatic carbocycles. The predicted molar refractivity (Wildman–Crippen MR) is 85.8 cm³/mol. The van der Waals surface area contributed by atoms with Gasteiger partial charge in [-0.2, -0.15) is 0 Å². The highest BCUT2D eigenvalue weighted by molar-refractivity contribution is 7.99. The van der Waals surface area contributed by atoms with E-state index in [1.807, 2.05) is 54.0 Å². The maximum Gasteiger partial charge on any atom is 0.233 e. The molecule has 0 aromatic carbocycles. The van der Waals surface area contributed by atoms with Crippen molar-refractivity contribution in [1.82, 2.24) is 14.3 Å². The molecule has 3 rings (SSSR count). The molecule has 0 aliphatic heterocycles. The summed E-state index contributed by atoms with van der Waals surface area (Å²) in [6.45, 7) is 2.38. The van der Waals surface area contributed by atoms with E-state index >= 15 is 0 Å². The zero-order valence-electron chi connectivity index (χ0n) is 12.5. The number of fused-ring (bicyclic) bond motifs is 1. The van der Waals surface area contributed by atoms with E-state index in [1.54, 1.807) is 11.9 Å². The molecular weight excluding hydrogens is 298 g/mol. The highest BCUT2D eigenvalue weighted by atomic mass is 32.2. The fraction of sp³-hybridized carbons (Fsp3) is 0.250. The van der Waals surface area contributed by atoms with Crippen molar-refractivity contribution >= 4 is 23.2 Å². The van der Waals surface area contributed by atoms with Gasteiger partial charge in [0, 0.05) is 13.2 Å². The molecule has 0 unspecified atom stereocenters. The van der Waals surface area contributed by atoms with Crippen LogP contribution in [0.5, 0.6) is 0 Å². The lowest BCUT2D eigenvalue weighted by Gasteiger charge is -2.15. The SMILES string of the molecule is Cc1ccc(CN(C)C(=O)CSc2ncc3ccccn23)o1. The number of rotatable bonds is 5. The van der Waals surface area contributed by atoms with E-state index in [4.69, 9.17) is 4.42 Å². The van der Waals surface area contributed by atoms with Crippen LogP contribution in [-0.4, -0.2) is 33.0 Å². The molecule has 0 bridgehead atoms. The quantitative estimate of drug-likeness (QED) is 0.679. The van der Waals surface area contributed by atoms with Gasteiger partial charge in [0.05, 0.1) is 24.0 Å². The van der Waals surface area contributed by atoms with E-state index in [1.165, 1.54) is 11.8 Å². The minimum Gasteiger partial charge on any atom is -0.464 e. The van der Waals surface area contributed by atoms with Crippen molar-refractivity contribution in [3.05, 3.63) is 54.2 Å². The van der Waals surface area contributed by atoms with Crippen molar-refractivity contribution < 1.29 is 9.21 Å². The lowest BCUT2D eigenvalue weighted by atomic mass is 10.4. The van der Waals surface area contributed by atoms with Gasteiger partial charge in [0.15, 0.2) is 5.16 Å². The van der Waals surface area contributed by atoms with E-state index in [-0.39, 0.29) is 5.91 Å². The molecule has 6 heteroatoms. The Balaban J connectivity index is 1.59. The second-order valence-electron chi connectivity index (χ2n) is 5.09. The average molecular weight is 315 g/mol. The van der Waals surface area contributed by atoms with Gasteiger partial charge in [-0.25, -0.2) is 4.98 Å². The summed E-state index contributed by atoms with van der Waals surface area (Å²) in [7, 11) is 1.78. The Labute approximate surface area is 132 Å². The third kappa shape index (κ3) is 3.17. The molecule has 3 aromatic rings. The number of thioether (sulfide) groups is 1. The third-order valence-corrected chi connectivity index (χ3v) is 4.30. The van der Waals surface area contributed by atoms with Crippen LogP contribution >= 0.6 is 11.8 Å². The summed E-state index contributed by atoms with van der Waals surface area (Å²) in [5.74, 6) is 2.05. The van der Waals surface area contributed by atoms with Crippen LogP contribution in [0.15, 0.2) is 52.3 Å². The van der Waals surface area contributed by atoms with Crippen molar-refractivity contribution in [2.24, 2.45) is 0 Å². The van der Waals surface area contributed by atoms with E-state index in [9.17, 15) is 4.79 Å². The van der Waals surface area contributed by atoms with Crippen molar-refractivity contribution in [2.75, 3.05) is 12.8 Å². The molecule has 0 aliphatic rings. The molecule has 114 valence electrons. The fourth-order valence-electron chi connectivity index (χ4n) is 2.15. The summed E-state index contributed by atoms with van der Waals surface area (Å²) in [6, 6.07) is 9.71. The average Bonchev–Trinajstić information content (AvgIpc) is 3.11. The maximum absolute atomic E-state index is 12.2. The number of hydrogen-bond acceptors (Lipinski definition) is 4. The van der Waals surface area contributed by atoms with Gasteiger partial charge in [-0.15, -0.1) is 0 Å². The first-order valence-electron chi connectivity index (χ1n) is 6.97. The number of furan rings is 1. The van der Waals surface area contributed by atoms with Gasteiger partial charge in [0.2, 0.25) is 5.91 Å². The first-order chi connectivity index (χ1) is 10.6. The number of carbonyl (C=O) groups is 1. The van der Waals surface area contributed by atoms with Gasteiger partial charge in [0.1, 0.15) is 11.5 Å². The third-order valence-electron chi connectivity index (χ3n) is 3.34. The van der Waals surface area contributed by atoms with Crippen LogP contribution < -0.4 is 0 Å².